The van der Waals surface area contributed by atoms with Gasteiger partial charge in [-0.3, -0.25) is 13.8 Å². The monoisotopic (exact) mass is 908 g/mol. The molecule has 1 amide bonds. The maximum Gasteiger partial charge on any atom is 0.472 e. The number of hydrogen-bond donors (Lipinski definition) is 3. The molecule has 0 aliphatic carbocycles. The minimum Gasteiger partial charge on any atom is -0.387 e. The number of nitrogens with one attached hydrogen (secondary N) is 1. The van der Waals surface area contributed by atoms with Gasteiger partial charge in [0.2, 0.25) is 5.91 Å². The minimum absolute atomic E-state index is 0.0410. The van der Waals surface area contributed by atoms with Gasteiger partial charge in [0.15, 0.2) is 0 Å². The summed E-state index contributed by atoms with van der Waals surface area (Å²) in [6.07, 6.45) is 68.3. The average molecular weight is 908 g/mol. The molecule has 0 bridgehead atoms. The number of carbonyl (C=O) groups is 1. The van der Waals surface area contributed by atoms with Crippen molar-refractivity contribution < 1.29 is 32.9 Å². The Morgan fingerprint density at radius 3 is 1.42 bits per heavy atom. The van der Waals surface area contributed by atoms with Gasteiger partial charge in [0, 0.05) is 6.42 Å². The first-order chi connectivity index (χ1) is 31.0. The van der Waals surface area contributed by atoms with Crippen molar-refractivity contribution in [1.82, 2.24) is 5.32 Å². The molecule has 0 heterocycles. The molecule has 0 fully saturated rings. The van der Waals surface area contributed by atoms with Crippen LogP contribution in [0.1, 0.15) is 155 Å². The summed E-state index contributed by atoms with van der Waals surface area (Å²) >= 11 is 0. The van der Waals surface area contributed by atoms with Gasteiger partial charge >= 0.3 is 7.82 Å². The Morgan fingerprint density at radius 2 is 0.953 bits per heavy atom. The maximum absolute atomic E-state index is 12.9. The summed E-state index contributed by atoms with van der Waals surface area (Å²) in [5.41, 5.74) is 0. The summed E-state index contributed by atoms with van der Waals surface area (Å²) in [5, 5.41) is 13.8. The molecule has 0 aromatic heterocycles. The predicted octanol–water partition coefficient (Wildman–Crippen LogP) is 14.4. The topological polar surface area (TPSA) is 105 Å². The summed E-state index contributed by atoms with van der Waals surface area (Å²) in [4.78, 5) is 23.1. The Labute approximate surface area is 392 Å². The molecule has 3 unspecified atom stereocenters. The lowest BCUT2D eigenvalue weighted by molar-refractivity contribution is -0.870. The van der Waals surface area contributed by atoms with Crippen molar-refractivity contribution in [2.45, 2.75) is 167 Å². The highest BCUT2D eigenvalue weighted by Gasteiger charge is 2.27. The van der Waals surface area contributed by atoms with E-state index in [1.165, 1.54) is 32.1 Å². The Kier molecular flexibility index (Phi) is 42.5. The third-order valence-corrected chi connectivity index (χ3v) is 10.8. The molecule has 0 aliphatic rings. The number of allylic oxidation sites excluding steroid dienone is 21. The number of rotatable bonds is 42. The highest BCUT2D eigenvalue weighted by Crippen LogP contribution is 2.43. The number of phosphoric ester groups is 1. The highest BCUT2D eigenvalue weighted by molar-refractivity contribution is 7.47. The van der Waals surface area contributed by atoms with Gasteiger partial charge in [0.05, 0.1) is 39.9 Å². The molecule has 0 spiro atoms. The van der Waals surface area contributed by atoms with Crippen LogP contribution in [0.15, 0.2) is 134 Å². The zero-order chi connectivity index (χ0) is 47.1. The van der Waals surface area contributed by atoms with Crippen LogP contribution in [-0.2, 0) is 18.4 Å². The minimum atomic E-state index is -4.36. The number of aliphatic hydroxyl groups excluding tert-OH is 1. The van der Waals surface area contributed by atoms with E-state index in [-0.39, 0.29) is 19.1 Å². The Balaban J connectivity index is 4.35. The third kappa shape index (κ3) is 46.6. The van der Waals surface area contributed by atoms with Gasteiger partial charge < -0.3 is 19.8 Å². The van der Waals surface area contributed by atoms with Crippen LogP contribution in [0, 0.1) is 0 Å². The molecule has 64 heavy (non-hydrogen) atoms. The molecule has 362 valence electrons. The lowest BCUT2D eigenvalue weighted by Gasteiger charge is -2.25. The van der Waals surface area contributed by atoms with E-state index < -0.39 is 20.0 Å². The van der Waals surface area contributed by atoms with Crippen molar-refractivity contribution in [3.05, 3.63) is 134 Å². The Bertz CT molecular complexity index is 1490. The molecular weight excluding hydrogens is 816 g/mol. The van der Waals surface area contributed by atoms with E-state index in [2.05, 4.69) is 141 Å². The first-order valence-electron chi connectivity index (χ1n) is 24.6. The van der Waals surface area contributed by atoms with Crippen molar-refractivity contribution in [3.8, 4) is 0 Å². The fraction of sp³-hybridized carbons (Fsp3) is 0.582. The van der Waals surface area contributed by atoms with Gasteiger partial charge in [0.1, 0.15) is 13.2 Å². The largest absolute Gasteiger partial charge is 0.472 e. The van der Waals surface area contributed by atoms with Crippen LogP contribution in [-0.4, -0.2) is 73.4 Å². The summed E-state index contributed by atoms with van der Waals surface area (Å²) < 4.78 is 23.5. The molecule has 0 saturated heterocycles. The highest BCUT2D eigenvalue weighted by atomic mass is 31.2. The molecule has 0 aromatic rings. The number of carbonyl (C=O) groups excluding carboxylic acids is 1. The lowest BCUT2D eigenvalue weighted by atomic mass is 10.1. The van der Waals surface area contributed by atoms with Gasteiger partial charge in [0.25, 0.3) is 0 Å². The van der Waals surface area contributed by atoms with Crippen molar-refractivity contribution >= 4 is 13.7 Å². The number of amides is 1. The van der Waals surface area contributed by atoms with E-state index in [1.807, 2.05) is 27.2 Å². The van der Waals surface area contributed by atoms with Crippen LogP contribution in [0.5, 0.6) is 0 Å². The maximum atomic E-state index is 12.9. The van der Waals surface area contributed by atoms with E-state index >= 15 is 0 Å². The average Bonchev–Trinajstić information content (AvgIpc) is 3.25. The molecule has 0 rings (SSSR count). The molecule has 0 aliphatic heterocycles. The molecule has 3 atom stereocenters. The SMILES string of the molecule is CC/C=C\C/C=C\C/C=C\C/C=C\C/C=C\C/C=C\C/C=C\C/C=C\C/C=C\CCCCCC(=O)NC(COP(=O)(O)OCC[N+](C)(C)C)C(O)/C=C/CC/C=C/CCCCCCC. The summed E-state index contributed by atoms with van der Waals surface area (Å²) in [6, 6.07) is -0.890. The second kappa shape index (κ2) is 44.8. The number of likely N-dealkylation sites (N-methyl/N-ethyl adjacent to an activating group) is 1. The Morgan fingerprint density at radius 1 is 0.547 bits per heavy atom. The van der Waals surface area contributed by atoms with Crippen LogP contribution in [0.3, 0.4) is 0 Å². The number of phosphoric acid groups is 1. The summed E-state index contributed by atoms with van der Waals surface area (Å²) in [7, 11) is 1.50. The zero-order valence-electron chi connectivity index (χ0n) is 41.0. The third-order valence-electron chi connectivity index (χ3n) is 9.85. The van der Waals surface area contributed by atoms with Crippen molar-refractivity contribution in [3.63, 3.8) is 0 Å². The Hall–Kier alpha value is -3.36. The number of nitrogens with zero attached hydrogens (tertiary/aromatic N) is 1. The lowest BCUT2D eigenvalue weighted by Crippen LogP contribution is -2.45. The fourth-order valence-electron chi connectivity index (χ4n) is 5.99. The van der Waals surface area contributed by atoms with Gasteiger partial charge in [-0.15, -0.1) is 0 Å². The number of unbranched alkanes of at least 4 members (excludes halogenated alkanes) is 9. The van der Waals surface area contributed by atoms with Crippen LogP contribution >= 0.6 is 7.82 Å². The molecular formula is C55H92N2O6P+. The normalized spacial score (nSPS) is 15.3. The first-order valence-corrected chi connectivity index (χ1v) is 26.1. The fourth-order valence-corrected chi connectivity index (χ4v) is 6.72. The molecule has 9 heteroatoms. The summed E-state index contributed by atoms with van der Waals surface area (Å²) in [5.74, 6) is -0.228. The zero-order valence-corrected chi connectivity index (χ0v) is 41.9. The van der Waals surface area contributed by atoms with E-state index in [0.29, 0.717) is 23.9 Å². The standard InChI is InChI=1S/C55H91N2O6P/c1-6-8-10-12-14-16-18-19-20-21-22-23-24-25-26-27-28-29-30-31-32-33-34-35-36-37-39-41-43-45-47-49-55(59)56-53(52-63-64(60,61)62-51-50-57(3,4)5)54(58)48-46-44-42-40-38-17-15-13-11-9-7-2/h8,10,14,16,19-20,22-23,25-26,28-29,31-32,34-35,37-40,46,48,53-54,58H,6-7,9,11-13,15,17-18,21,24,27,30,33,36,41-45,47,49-52H2,1-5H3,(H-,56,59,60,61)/p+1/b10-8-,16-14-,20-19-,23-22-,26-25-,29-28-,32-31-,35-34-,39-37-,40-38+,48-46+. The molecule has 0 radical (unpaired) electrons. The van der Waals surface area contributed by atoms with E-state index in [4.69, 9.17) is 9.05 Å². The quantitative estimate of drug-likeness (QED) is 0.0244. The number of aliphatic hydroxyl groups is 1. The molecule has 0 aromatic carbocycles. The number of hydrogen-bond acceptors (Lipinski definition) is 5. The van der Waals surface area contributed by atoms with Gasteiger partial charge in [-0.25, -0.2) is 4.57 Å². The van der Waals surface area contributed by atoms with Gasteiger partial charge in [-0.05, 0) is 103 Å². The molecule has 3 N–H and O–H groups in total. The second-order valence-electron chi connectivity index (χ2n) is 17.1. The van der Waals surface area contributed by atoms with Crippen LogP contribution in [0.2, 0.25) is 0 Å². The van der Waals surface area contributed by atoms with E-state index in [9.17, 15) is 19.4 Å². The summed E-state index contributed by atoms with van der Waals surface area (Å²) in [6.45, 7) is 4.59. The van der Waals surface area contributed by atoms with Crippen molar-refractivity contribution in [1.29, 1.82) is 0 Å². The van der Waals surface area contributed by atoms with Gasteiger partial charge in [-0.1, -0.05) is 180 Å². The van der Waals surface area contributed by atoms with Crippen molar-refractivity contribution in [2.75, 3.05) is 40.9 Å². The van der Waals surface area contributed by atoms with Gasteiger partial charge in [-0.2, -0.15) is 0 Å². The predicted molar refractivity (Wildman–Crippen MR) is 276 cm³/mol. The molecule has 0 saturated carbocycles. The van der Waals surface area contributed by atoms with Crippen LogP contribution in [0.25, 0.3) is 0 Å². The molecule has 8 nitrogen and oxygen atoms in total. The van der Waals surface area contributed by atoms with Crippen LogP contribution < -0.4 is 5.32 Å². The van der Waals surface area contributed by atoms with E-state index in [1.54, 1.807) is 6.08 Å². The van der Waals surface area contributed by atoms with Crippen LogP contribution in [0.4, 0.5) is 0 Å². The first kappa shape index (κ1) is 60.6. The second-order valence-corrected chi connectivity index (χ2v) is 18.5. The van der Waals surface area contributed by atoms with E-state index in [0.717, 1.165) is 96.3 Å². The van der Waals surface area contributed by atoms with Crippen molar-refractivity contribution in [2.24, 2.45) is 0 Å². The smallest absolute Gasteiger partial charge is 0.387 e. The number of quaternary nitrogens is 1.